The fraction of sp³-hybridized carbons (Fsp3) is 0.105. The van der Waals surface area contributed by atoms with Crippen LogP contribution in [0.2, 0.25) is 0 Å². The normalized spacial score (nSPS) is 10.8. The minimum Gasteiger partial charge on any atom is -0.494 e. The molecule has 7 heteroatoms. The van der Waals surface area contributed by atoms with E-state index in [2.05, 4.69) is 10.1 Å². The molecule has 130 valence electrons. The third kappa shape index (κ3) is 3.55. The quantitative estimate of drug-likeness (QED) is 0.424. The van der Waals surface area contributed by atoms with E-state index < -0.39 is 0 Å². The van der Waals surface area contributed by atoms with Gasteiger partial charge < -0.3 is 4.74 Å². The van der Waals surface area contributed by atoms with E-state index in [1.807, 2.05) is 42.7 Å². The number of nitrogens with zero attached hydrogens (tertiary/aromatic N) is 3. The number of aliphatic imine (C=N–C) groups is 1. The number of ether oxygens (including phenoxy) is 1. The number of hydrogen-bond acceptors (Lipinski definition) is 5. The molecular formula is C19H16N4O2S. The number of H-pyrrole nitrogens is 1. The molecule has 0 aliphatic heterocycles. The number of aromatic nitrogens is 2. The van der Waals surface area contributed by atoms with Crippen LogP contribution in [0.25, 0.3) is 5.69 Å². The van der Waals surface area contributed by atoms with Crippen LogP contribution in [0.3, 0.4) is 0 Å². The summed E-state index contributed by atoms with van der Waals surface area (Å²) in [5.41, 5.74) is 2.37. The van der Waals surface area contributed by atoms with Crippen LogP contribution in [0, 0.1) is 17.6 Å². The first kappa shape index (κ1) is 17.6. The zero-order valence-corrected chi connectivity index (χ0v) is 15.1. The smallest absolute Gasteiger partial charge is 0.280 e. The number of nitriles is 1. The monoisotopic (exact) mass is 364 g/mol. The second-order valence-electron chi connectivity index (χ2n) is 5.41. The lowest BCUT2D eigenvalue weighted by Crippen LogP contribution is -2.17. The molecule has 0 saturated heterocycles. The fourth-order valence-corrected chi connectivity index (χ4v) is 2.89. The predicted molar refractivity (Wildman–Crippen MR) is 103 cm³/mol. The van der Waals surface area contributed by atoms with Crippen molar-refractivity contribution in [3.8, 4) is 16.8 Å². The Bertz CT molecular complexity index is 1050. The number of nitrogens with one attached hydrogen (secondary N) is 1. The summed E-state index contributed by atoms with van der Waals surface area (Å²) in [6.45, 7) is 1.83. The average Bonchev–Trinajstić information content (AvgIpc) is 2.95. The van der Waals surface area contributed by atoms with Gasteiger partial charge in [0.15, 0.2) is 0 Å². The molecule has 1 N–H and O–H groups in total. The van der Waals surface area contributed by atoms with Crippen LogP contribution < -0.4 is 10.3 Å². The second kappa shape index (κ2) is 7.76. The number of aromatic amines is 1. The summed E-state index contributed by atoms with van der Waals surface area (Å²) in [6.07, 6.45) is 1.53. The number of rotatable bonds is 5. The number of para-hydroxylation sites is 1. The highest BCUT2D eigenvalue weighted by molar-refractivity contribution is 8.03. The highest BCUT2D eigenvalue weighted by atomic mass is 32.2. The largest absolute Gasteiger partial charge is 0.494 e. The van der Waals surface area contributed by atoms with Crippen LogP contribution in [-0.4, -0.2) is 23.1 Å². The number of benzene rings is 2. The highest BCUT2D eigenvalue weighted by Gasteiger charge is 2.11. The van der Waals surface area contributed by atoms with Gasteiger partial charge in [-0.05, 0) is 49.0 Å². The lowest BCUT2D eigenvalue weighted by atomic mass is 10.2. The van der Waals surface area contributed by atoms with E-state index in [1.54, 1.807) is 25.3 Å². The van der Waals surface area contributed by atoms with E-state index in [0.29, 0.717) is 17.0 Å². The molecule has 26 heavy (non-hydrogen) atoms. The highest BCUT2D eigenvalue weighted by Crippen LogP contribution is 2.32. The zero-order valence-electron chi connectivity index (χ0n) is 14.3. The van der Waals surface area contributed by atoms with E-state index >= 15 is 0 Å². The van der Waals surface area contributed by atoms with E-state index in [0.717, 1.165) is 28.0 Å². The third-order valence-electron chi connectivity index (χ3n) is 3.78. The molecule has 2 aromatic carbocycles. The van der Waals surface area contributed by atoms with Gasteiger partial charge in [0.1, 0.15) is 16.8 Å². The first-order chi connectivity index (χ1) is 12.6. The first-order valence-electron chi connectivity index (χ1n) is 7.79. The van der Waals surface area contributed by atoms with Gasteiger partial charge in [-0.1, -0.05) is 18.2 Å². The Kier molecular flexibility index (Phi) is 5.25. The molecule has 1 aromatic heterocycles. The van der Waals surface area contributed by atoms with Crippen molar-refractivity contribution < 1.29 is 4.74 Å². The van der Waals surface area contributed by atoms with Crippen LogP contribution in [0.1, 0.15) is 11.3 Å². The average molecular weight is 364 g/mol. The number of thiocyanates is 1. The molecule has 0 unspecified atom stereocenters. The van der Waals surface area contributed by atoms with Gasteiger partial charge in [0.2, 0.25) is 0 Å². The van der Waals surface area contributed by atoms with E-state index in [-0.39, 0.29) is 5.56 Å². The summed E-state index contributed by atoms with van der Waals surface area (Å²) in [5.74, 6) is 0.540. The summed E-state index contributed by atoms with van der Waals surface area (Å²) in [5, 5.41) is 13.8. The molecule has 0 aliphatic rings. The third-order valence-corrected chi connectivity index (χ3v) is 4.36. The molecule has 0 radical (unpaired) electrons. The molecule has 1 heterocycles. The van der Waals surface area contributed by atoms with Crippen molar-refractivity contribution in [2.24, 2.45) is 4.99 Å². The van der Waals surface area contributed by atoms with Gasteiger partial charge >= 0.3 is 0 Å². The number of methoxy groups -OCH3 is 1. The molecule has 0 spiro atoms. The molecular weight excluding hydrogens is 348 g/mol. The lowest BCUT2D eigenvalue weighted by molar-refractivity contribution is 0.415. The van der Waals surface area contributed by atoms with Gasteiger partial charge in [-0.15, -0.1) is 0 Å². The van der Waals surface area contributed by atoms with Crippen molar-refractivity contribution in [2.45, 2.75) is 11.8 Å². The first-order valence-corrected chi connectivity index (χ1v) is 8.60. The molecule has 0 saturated carbocycles. The Hall–Kier alpha value is -3.24. The number of thioether (sulfide) groups is 1. The Balaban J connectivity index is 1.96. The predicted octanol–water partition coefficient (Wildman–Crippen LogP) is 3.81. The Morgan fingerprint density at radius 3 is 2.73 bits per heavy atom. The van der Waals surface area contributed by atoms with Gasteiger partial charge in [-0.2, -0.15) is 5.26 Å². The van der Waals surface area contributed by atoms with Crippen molar-refractivity contribution in [1.82, 2.24) is 9.78 Å². The number of hydrogen-bond donors (Lipinski definition) is 1. The minimum absolute atomic E-state index is 0.173. The van der Waals surface area contributed by atoms with Gasteiger partial charge in [0.05, 0.1) is 18.4 Å². The molecule has 6 nitrogen and oxygen atoms in total. The van der Waals surface area contributed by atoms with Gasteiger partial charge in [0, 0.05) is 16.8 Å². The Labute approximate surface area is 154 Å². The van der Waals surface area contributed by atoms with Crippen molar-refractivity contribution in [1.29, 1.82) is 5.26 Å². The number of aryl methyl sites for hydroxylation is 1. The SMILES string of the molecule is COc1cc(SC#N)ccc1N=Cc1c(C)[nH]n(-c2ccccc2)c1=O. The molecule has 0 atom stereocenters. The topological polar surface area (TPSA) is 83.2 Å². The van der Waals surface area contributed by atoms with E-state index in [1.165, 1.54) is 10.9 Å². The minimum atomic E-state index is -0.173. The summed E-state index contributed by atoms with van der Waals surface area (Å²) >= 11 is 1.05. The van der Waals surface area contributed by atoms with Crippen molar-refractivity contribution in [2.75, 3.05) is 7.11 Å². The maximum Gasteiger partial charge on any atom is 0.280 e. The molecule has 0 fully saturated rings. The summed E-state index contributed by atoms with van der Waals surface area (Å²) in [4.78, 5) is 17.8. The molecule has 3 rings (SSSR count). The van der Waals surface area contributed by atoms with Crippen molar-refractivity contribution in [3.63, 3.8) is 0 Å². The van der Waals surface area contributed by atoms with Crippen LogP contribution in [0.5, 0.6) is 5.75 Å². The summed E-state index contributed by atoms with van der Waals surface area (Å²) < 4.78 is 6.81. The van der Waals surface area contributed by atoms with Crippen LogP contribution in [0.15, 0.2) is 63.2 Å². The lowest BCUT2D eigenvalue weighted by Gasteiger charge is -2.05. The molecule has 0 amide bonds. The van der Waals surface area contributed by atoms with E-state index in [4.69, 9.17) is 10.00 Å². The van der Waals surface area contributed by atoms with E-state index in [9.17, 15) is 4.79 Å². The van der Waals surface area contributed by atoms with Crippen LogP contribution in [-0.2, 0) is 0 Å². The van der Waals surface area contributed by atoms with Crippen LogP contribution in [0.4, 0.5) is 5.69 Å². The molecule has 0 aliphatic carbocycles. The second-order valence-corrected chi connectivity index (χ2v) is 6.27. The van der Waals surface area contributed by atoms with Gasteiger partial charge in [-0.25, -0.2) is 4.68 Å². The Morgan fingerprint density at radius 2 is 2.04 bits per heavy atom. The van der Waals surface area contributed by atoms with Gasteiger partial charge in [-0.3, -0.25) is 14.9 Å². The molecule has 0 bridgehead atoms. The summed E-state index contributed by atoms with van der Waals surface area (Å²) in [7, 11) is 1.54. The van der Waals surface area contributed by atoms with Crippen molar-refractivity contribution in [3.05, 3.63) is 70.1 Å². The van der Waals surface area contributed by atoms with Crippen molar-refractivity contribution >= 4 is 23.7 Å². The van der Waals surface area contributed by atoms with Crippen LogP contribution >= 0.6 is 11.8 Å². The van der Waals surface area contributed by atoms with Gasteiger partial charge in [0.25, 0.3) is 5.56 Å². The standard InChI is InChI=1S/C19H16N4O2S/c1-13-16(19(24)23(22-13)14-6-4-3-5-7-14)11-21-17-9-8-15(26-12-20)10-18(17)25-2/h3-11,22H,1-2H3. The molecule has 3 aromatic rings. The fourth-order valence-electron chi connectivity index (χ4n) is 2.49. The summed E-state index contributed by atoms with van der Waals surface area (Å²) in [6, 6.07) is 14.6. The zero-order chi connectivity index (χ0) is 18.5. The maximum atomic E-state index is 12.7. The Morgan fingerprint density at radius 1 is 1.27 bits per heavy atom. The maximum absolute atomic E-state index is 12.7.